The van der Waals surface area contributed by atoms with Crippen molar-refractivity contribution >= 4 is 5.91 Å². The van der Waals surface area contributed by atoms with Gasteiger partial charge in [-0.1, -0.05) is 30.3 Å². The molecule has 4 heteroatoms. The average Bonchev–Trinajstić information content (AvgIpc) is 3.27. The number of amides is 1. The van der Waals surface area contributed by atoms with E-state index in [1.807, 2.05) is 37.3 Å². The summed E-state index contributed by atoms with van der Waals surface area (Å²) in [6.45, 7) is 4.24. The van der Waals surface area contributed by atoms with Crippen molar-refractivity contribution in [3.8, 4) is 0 Å². The Labute approximate surface area is 120 Å². The van der Waals surface area contributed by atoms with Crippen LogP contribution in [0, 0.1) is 0 Å². The summed E-state index contributed by atoms with van der Waals surface area (Å²) < 4.78 is 5.32. The fourth-order valence-corrected chi connectivity index (χ4v) is 2.08. The molecule has 0 bridgehead atoms. The predicted octanol–water partition coefficient (Wildman–Crippen LogP) is 2.02. The van der Waals surface area contributed by atoms with E-state index in [0.29, 0.717) is 6.04 Å². The van der Waals surface area contributed by atoms with Gasteiger partial charge in [-0.25, -0.2) is 0 Å². The molecule has 4 nitrogen and oxygen atoms in total. The van der Waals surface area contributed by atoms with E-state index in [9.17, 15) is 4.79 Å². The quantitative estimate of drug-likeness (QED) is 0.678. The van der Waals surface area contributed by atoms with Gasteiger partial charge in [-0.15, -0.1) is 0 Å². The monoisotopic (exact) mass is 276 g/mol. The van der Waals surface area contributed by atoms with Crippen LogP contribution in [0.5, 0.6) is 0 Å². The molecular weight excluding hydrogens is 252 g/mol. The van der Waals surface area contributed by atoms with E-state index >= 15 is 0 Å². The molecule has 20 heavy (non-hydrogen) atoms. The lowest BCUT2D eigenvalue weighted by molar-refractivity contribution is -0.123. The normalized spacial score (nSPS) is 15.8. The summed E-state index contributed by atoms with van der Waals surface area (Å²) in [5.41, 5.74) is 1.02. The van der Waals surface area contributed by atoms with Gasteiger partial charge < -0.3 is 15.4 Å². The van der Waals surface area contributed by atoms with Crippen LogP contribution >= 0.6 is 0 Å². The third kappa shape index (κ3) is 4.94. The Balaban J connectivity index is 1.87. The van der Waals surface area contributed by atoms with Gasteiger partial charge in [-0.05, 0) is 38.3 Å². The Bertz CT molecular complexity index is 404. The van der Waals surface area contributed by atoms with Crippen LogP contribution in [0.25, 0.3) is 0 Å². The molecule has 1 aliphatic carbocycles. The summed E-state index contributed by atoms with van der Waals surface area (Å²) in [7, 11) is 0. The molecule has 110 valence electrons. The maximum Gasteiger partial charge on any atom is 0.241 e. The van der Waals surface area contributed by atoms with Crippen molar-refractivity contribution in [2.45, 2.75) is 38.3 Å². The van der Waals surface area contributed by atoms with Crippen molar-refractivity contribution in [1.82, 2.24) is 10.6 Å². The topological polar surface area (TPSA) is 50.4 Å². The zero-order valence-corrected chi connectivity index (χ0v) is 12.1. The lowest BCUT2D eigenvalue weighted by atomic mass is 10.1. The van der Waals surface area contributed by atoms with E-state index in [-0.39, 0.29) is 11.9 Å². The fourth-order valence-electron chi connectivity index (χ4n) is 2.08. The van der Waals surface area contributed by atoms with Gasteiger partial charge >= 0.3 is 0 Å². The number of hydrogen-bond donors (Lipinski definition) is 2. The summed E-state index contributed by atoms with van der Waals surface area (Å²) in [6.07, 6.45) is 3.13. The molecule has 1 saturated carbocycles. The van der Waals surface area contributed by atoms with Crippen LogP contribution in [0.3, 0.4) is 0 Å². The number of rotatable bonds is 9. The largest absolute Gasteiger partial charge is 0.382 e. The molecule has 1 aliphatic rings. The van der Waals surface area contributed by atoms with E-state index in [4.69, 9.17) is 4.74 Å². The van der Waals surface area contributed by atoms with Crippen molar-refractivity contribution in [1.29, 1.82) is 0 Å². The highest BCUT2D eigenvalue weighted by molar-refractivity contribution is 5.83. The molecule has 0 aliphatic heterocycles. The number of hydrogen-bond acceptors (Lipinski definition) is 3. The van der Waals surface area contributed by atoms with Gasteiger partial charge in [-0.3, -0.25) is 4.79 Å². The Morgan fingerprint density at radius 2 is 2.10 bits per heavy atom. The van der Waals surface area contributed by atoms with Crippen molar-refractivity contribution in [3.05, 3.63) is 35.9 Å². The van der Waals surface area contributed by atoms with Crippen molar-refractivity contribution in [2.75, 3.05) is 19.8 Å². The maximum absolute atomic E-state index is 12.3. The highest BCUT2D eigenvalue weighted by atomic mass is 16.5. The Kier molecular flexibility index (Phi) is 6.02. The van der Waals surface area contributed by atoms with Crippen LogP contribution in [0.15, 0.2) is 30.3 Å². The molecule has 1 aromatic carbocycles. The number of carbonyl (C=O) groups excluding carboxylic acids is 1. The van der Waals surface area contributed by atoms with Crippen molar-refractivity contribution < 1.29 is 9.53 Å². The molecule has 0 heterocycles. The Hall–Kier alpha value is -1.39. The summed E-state index contributed by atoms with van der Waals surface area (Å²) in [5.74, 6) is 0.0788. The van der Waals surface area contributed by atoms with Crippen LogP contribution in [-0.4, -0.2) is 31.7 Å². The summed E-state index contributed by atoms with van der Waals surface area (Å²) in [6, 6.07) is 10.0. The number of ether oxygens (including phenoxy) is 1. The third-order valence-corrected chi connectivity index (χ3v) is 3.34. The van der Waals surface area contributed by atoms with Crippen LogP contribution in [0.1, 0.15) is 37.8 Å². The minimum absolute atomic E-state index is 0.0788. The van der Waals surface area contributed by atoms with Gasteiger partial charge in [0.05, 0.1) is 0 Å². The van der Waals surface area contributed by atoms with Gasteiger partial charge in [0.15, 0.2) is 0 Å². The van der Waals surface area contributed by atoms with E-state index < -0.39 is 0 Å². The van der Waals surface area contributed by atoms with Gasteiger partial charge in [0.1, 0.15) is 6.04 Å². The zero-order chi connectivity index (χ0) is 14.2. The minimum Gasteiger partial charge on any atom is -0.382 e. The first-order chi connectivity index (χ1) is 9.81. The van der Waals surface area contributed by atoms with Gasteiger partial charge in [0.2, 0.25) is 5.91 Å². The first kappa shape index (κ1) is 15.0. The van der Waals surface area contributed by atoms with Crippen LogP contribution in [-0.2, 0) is 9.53 Å². The molecule has 0 saturated heterocycles. The molecule has 0 aromatic heterocycles. The van der Waals surface area contributed by atoms with Crippen molar-refractivity contribution in [3.63, 3.8) is 0 Å². The molecule has 0 radical (unpaired) electrons. The average molecular weight is 276 g/mol. The third-order valence-electron chi connectivity index (χ3n) is 3.34. The van der Waals surface area contributed by atoms with Crippen LogP contribution in [0.2, 0.25) is 0 Å². The smallest absolute Gasteiger partial charge is 0.241 e. The number of nitrogens with one attached hydrogen (secondary N) is 2. The SMILES string of the molecule is CCOCCCNC(C(=O)NC1CC1)c1ccccc1. The van der Waals surface area contributed by atoms with Crippen LogP contribution in [0.4, 0.5) is 0 Å². The van der Waals surface area contributed by atoms with Gasteiger partial charge in [0, 0.05) is 19.3 Å². The highest BCUT2D eigenvalue weighted by Crippen LogP contribution is 2.21. The summed E-state index contributed by atoms with van der Waals surface area (Å²) >= 11 is 0. The summed E-state index contributed by atoms with van der Waals surface area (Å²) in [5, 5.41) is 6.41. The molecule has 2 rings (SSSR count). The Morgan fingerprint density at radius 1 is 1.35 bits per heavy atom. The molecule has 1 fully saturated rings. The molecule has 1 atom stereocenters. The molecular formula is C16H24N2O2. The maximum atomic E-state index is 12.3. The number of carbonyl (C=O) groups is 1. The Morgan fingerprint density at radius 3 is 2.75 bits per heavy atom. The van der Waals surface area contributed by atoms with E-state index in [2.05, 4.69) is 10.6 Å². The standard InChI is InChI=1S/C16H24N2O2/c1-2-20-12-6-11-17-15(13-7-4-3-5-8-13)16(19)18-14-9-10-14/h3-5,7-8,14-15,17H,2,6,9-12H2,1H3,(H,18,19). The molecule has 1 aromatic rings. The zero-order valence-electron chi connectivity index (χ0n) is 12.1. The lowest BCUT2D eigenvalue weighted by Crippen LogP contribution is -2.39. The van der Waals surface area contributed by atoms with Crippen molar-refractivity contribution in [2.24, 2.45) is 0 Å². The molecule has 2 N–H and O–H groups in total. The van der Waals surface area contributed by atoms with Crippen LogP contribution < -0.4 is 10.6 Å². The second kappa shape index (κ2) is 8.02. The number of benzene rings is 1. The molecule has 1 unspecified atom stereocenters. The van der Waals surface area contributed by atoms with Gasteiger partial charge in [-0.2, -0.15) is 0 Å². The summed E-state index contributed by atoms with van der Waals surface area (Å²) in [4.78, 5) is 12.3. The fraction of sp³-hybridized carbons (Fsp3) is 0.562. The lowest BCUT2D eigenvalue weighted by Gasteiger charge is -2.18. The highest BCUT2D eigenvalue weighted by Gasteiger charge is 2.27. The second-order valence-corrected chi connectivity index (χ2v) is 5.13. The molecule has 1 amide bonds. The van der Waals surface area contributed by atoms with E-state index in [1.54, 1.807) is 0 Å². The molecule has 0 spiro atoms. The van der Waals surface area contributed by atoms with Gasteiger partial charge in [0.25, 0.3) is 0 Å². The first-order valence-electron chi connectivity index (χ1n) is 7.47. The minimum atomic E-state index is -0.265. The first-order valence-corrected chi connectivity index (χ1v) is 7.47. The predicted molar refractivity (Wildman–Crippen MR) is 79.5 cm³/mol. The second-order valence-electron chi connectivity index (χ2n) is 5.13. The van der Waals surface area contributed by atoms with E-state index in [0.717, 1.165) is 44.6 Å². The van der Waals surface area contributed by atoms with E-state index in [1.165, 1.54) is 0 Å².